The number of nitrogens with zero attached hydrogens (tertiary/aromatic N) is 1. The molecule has 0 aliphatic carbocycles. The highest BCUT2D eigenvalue weighted by Crippen LogP contribution is 2.28. The number of anilines is 1. The van der Waals surface area contributed by atoms with Crippen LogP contribution in [0.1, 0.15) is 31.7 Å². The zero-order valence-corrected chi connectivity index (χ0v) is 12.3. The summed E-state index contributed by atoms with van der Waals surface area (Å²) in [5.74, 6) is 1.40. The standard InChI is InChI=1S/C15H22N2OS/c1-2-9-17(15(18)14-8-5-10-19-14)11-12-6-3-4-7-13(12)16/h3-4,6-7,14H,2,5,8-11,16H2,1H3. The minimum absolute atomic E-state index is 0.163. The van der Waals surface area contributed by atoms with E-state index in [1.807, 2.05) is 29.2 Å². The number of para-hydroxylation sites is 1. The molecule has 1 aromatic carbocycles. The Morgan fingerprint density at radius 2 is 2.26 bits per heavy atom. The van der Waals surface area contributed by atoms with Crippen LogP contribution in [0.2, 0.25) is 0 Å². The van der Waals surface area contributed by atoms with Crippen molar-refractivity contribution >= 4 is 23.4 Å². The third kappa shape index (κ3) is 3.66. The average molecular weight is 278 g/mol. The molecule has 2 N–H and O–H groups in total. The molecule has 1 atom stereocenters. The van der Waals surface area contributed by atoms with Gasteiger partial charge in [-0.1, -0.05) is 25.1 Å². The van der Waals surface area contributed by atoms with Crippen LogP contribution in [0.4, 0.5) is 5.69 Å². The molecular weight excluding hydrogens is 256 g/mol. The van der Waals surface area contributed by atoms with Gasteiger partial charge in [-0.05, 0) is 36.6 Å². The first-order valence-electron chi connectivity index (χ1n) is 6.96. The van der Waals surface area contributed by atoms with Crippen molar-refractivity contribution in [2.45, 2.75) is 38.0 Å². The van der Waals surface area contributed by atoms with Gasteiger partial charge < -0.3 is 10.6 Å². The van der Waals surface area contributed by atoms with E-state index in [0.717, 1.165) is 42.8 Å². The lowest BCUT2D eigenvalue weighted by Gasteiger charge is -2.25. The number of nitrogen functional groups attached to an aromatic ring is 1. The number of benzene rings is 1. The zero-order chi connectivity index (χ0) is 13.7. The molecule has 104 valence electrons. The molecule has 1 aromatic rings. The summed E-state index contributed by atoms with van der Waals surface area (Å²) in [6, 6.07) is 7.81. The maximum atomic E-state index is 12.5. The van der Waals surface area contributed by atoms with Gasteiger partial charge in [-0.3, -0.25) is 4.79 Å². The summed E-state index contributed by atoms with van der Waals surface area (Å²) in [5.41, 5.74) is 7.80. The lowest BCUT2D eigenvalue weighted by molar-refractivity contribution is -0.131. The van der Waals surface area contributed by atoms with Crippen LogP contribution in [0.25, 0.3) is 0 Å². The molecule has 0 saturated carbocycles. The Morgan fingerprint density at radius 1 is 1.47 bits per heavy atom. The van der Waals surface area contributed by atoms with Crippen molar-refractivity contribution in [2.24, 2.45) is 0 Å². The van der Waals surface area contributed by atoms with E-state index in [-0.39, 0.29) is 11.2 Å². The maximum Gasteiger partial charge on any atom is 0.235 e. The molecule has 1 fully saturated rings. The fourth-order valence-electron chi connectivity index (χ4n) is 2.40. The second-order valence-corrected chi connectivity index (χ2v) is 6.27. The number of hydrogen-bond acceptors (Lipinski definition) is 3. The van der Waals surface area contributed by atoms with Crippen LogP contribution >= 0.6 is 11.8 Å². The van der Waals surface area contributed by atoms with Crippen molar-refractivity contribution < 1.29 is 4.79 Å². The van der Waals surface area contributed by atoms with Gasteiger partial charge in [0.25, 0.3) is 0 Å². The van der Waals surface area contributed by atoms with Crippen LogP contribution in [0.15, 0.2) is 24.3 Å². The topological polar surface area (TPSA) is 46.3 Å². The molecule has 2 rings (SSSR count). The summed E-state index contributed by atoms with van der Waals surface area (Å²) in [4.78, 5) is 14.5. The van der Waals surface area contributed by atoms with Crippen molar-refractivity contribution in [3.8, 4) is 0 Å². The molecule has 1 aliphatic heterocycles. The fourth-order valence-corrected chi connectivity index (χ4v) is 3.64. The Labute approximate surface area is 119 Å². The Kier molecular flexibility index (Phi) is 5.14. The summed E-state index contributed by atoms with van der Waals surface area (Å²) >= 11 is 1.80. The number of rotatable bonds is 5. The van der Waals surface area contributed by atoms with Crippen LogP contribution in [0.3, 0.4) is 0 Å². The molecule has 1 heterocycles. The highest BCUT2D eigenvalue weighted by molar-refractivity contribution is 8.00. The molecular formula is C15H22N2OS. The van der Waals surface area contributed by atoms with Crippen molar-refractivity contribution in [3.05, 3.63) is 29.8 Å². The van der Waals surface area contributed by atoms with Crippen molar-refractivity contribution in [3.63, 3.8) is 0 Å². The molecule has 0 bridgehead atoms. The Morgan fingerprint density at radius 3 is 2.89 bits per heavy atom. The van der Waals surface area contributed by atoms with Gasteiger partial charge in [-0.25, -0.2) is 0 Å². The number of carbonyl (C=O) groups excluding carboxylic acids is 1. The first-order valence-corrected chi connectivity index (χ1v) is 8.01. The van der Waals surface area contributed by atoms with Gasteiger partial charge in [0.2, 0.25) is 5.91 Å². The molecule has 0 aromatic heterocycles. The van der Waals surface area contributed by atoms with E-state index in [0.29, 0.717) is 6.54 Å². The van der Waals surface area contributed by atoms with Gasteiger partial charge in [-0.2, -0.15) is 0 Å². The summed E-state index contributed by atoms with van der Waals surface area (Å²) in [5, 5.41) is 0.163. The van der Waals surface area contributed by atoms with E-state index in [1.165, 1.54) is 0 Å². The SMILES string of the molecule is CCCN(Cc1ccccc1N)C(=O)C1CCCS1. The molecule has 1 amide bonds. The Bertz CT molecular complexity index is 430. The molecule has 0 spiro atoms. The molecule has 0 radical (unpaired) electrons. The summed E-state index contributed by atoms with van der Waals surface area (Å²) in [6.07, 6.45) is 3.17. The molecule has 1 aliphatic rings. The highest BCUT2D eigenvalue weighted by Gasteiger charge is 2.27. The van der Waals surface area contributed by atoms with Crippen LogP contribution < -0.4 is 5.73 Å². The molecule has 19 heavy (non-hydrogen) atoms. The smallest absolute Gasteiger partial charge is 0.235 e. The lowest BCUT2D eigenvalue weighted by atomic mass is 10.1. The normalized spacial score (nSPS) is 18.5. The van der Waals surface area contributed by atoms with E-state index in [1.54, 1.807) is 11.8 Å². The quantitative estimate of drug-likeness (QED) is 0.842. The van der Waals surface area contributed by atoms with Gasteiger partial charge in [0.1, 0.15) is 0 Å². The van der Waals surface area contributed by atoms with Gasteiger partial charge in [0.05, 0.1) is 5.25 Å². The summed E-state index contributed by atoms with van der Waals surface area (Å²) < 4.78 is 0. The van der Waals surface area contributed by atoms with Crippen molar-refractivity contribution in [1.29, 1.82) is 0 Å². The number of amides is 1. The zero-order valence-electron chi connectivity index (χ0n) is 11.5. The van der Waals surface area contributed by atoms with Crippen molar-refractivity contribution in [1.82, 2.24) is 4.90 Å². The van der Waals surface area contributed by atoms with E-state index in [2.05, 4.69) is 6.92 Å². The van der Waals surface area contributed by atoms with Gasteiger partial charge in [0, 0.05) is 18.8 Å². The molecule has 1 saturated heterocycles. The predicted octanol–water partition coefficient (Wildman–Crippen LogP) is 2.90. The van der Waals surface area contributed by atoms with Gasteiger partial charge in [0.15, 0.2) is 0 Å². The number of hydrogen-bond donors (Lipinski definition) is 1. The average Bonchev–Trinajstić information content (AvgIpc) is 2.94. The summed E-state index contributed by atoms with van der Waals surface area (Å²) in [7, 11) is 0. The Hall–Kier alpha value is -1.16. The van der Waals surface area contributed by atoms with E-state index >= 15 is 0 Å². The maximum absolute atomic E-state index is 12.5. The monoisotopic (exact) mass is 278 g/mol. The third-order valence-electron chi connectivity index (χ3n) is 3.43. The van der Waals surface area contributed by atoms with E-state index in [9.17, 15) is 4.79 Å². The second-order valence-electron chi connectivity index (χ2n) is 4.96. The van der Waals surface area contributed by atoms with Crippen molar-refractivity contribution in [2.75, 3.05) is 18.0 Å². The van der Waals surface area contributed by atoms with Crippen LogP contribution in [0, 0.1) is 0 Å². The minimum Gasteiger partial charge on any atom is -0.398 e. The van der Waals surface area contributed by atoms with E-state index in [4.69, 9.17) is 5.73 Å². The molecule has 4 heteroatoms. The first kappa shape index (κ1) is 14.3. The number of carbonyl (C=O) groups is 1. The highest BCUT2D eigenvalue weighted by atomic mass is 32.2. The molecule has 3 nitrogen and oxygen atoms in total. The van der Waals surface area contributed by atoms with E-state index < -0.39 is 0 Å². The number of thioether (sulfide) groups is 1. The van der Waals surface area contributed by atoms with Crippen LogP contribution in [-0.4, -0.2) is 28.4 Å². The largest absolute Gasteiger partial charge is 0.398 e. The molecule has 1 unspecified atom stereocenters. The van der Waals surface area contributed by atoms with Crippen LogP contribution in [0.5, 0.6) is 0 Å². The third-order valence-corrected chi connectivity index (χ3v) is 4.79. The Balaban J connectivity index is 2.07. The van der Waals surface area contributed by atoms with Crippen LogP contribution in [-0.2, 0) is 11.3 Å². The minimum atomic E-state index is 0.163. The lowest BCUT2D eigenvalue weighted by Crippen LogP contribution is -2.37. The van der Waals surface area contributed by atoms with Gasteiger partial charge >= 0.3 is 0 Å². The predicted molar refractivity (Wildman–Crippen MR) is 82.0 cm³/mol. The van der Waals surface area contributed by atoms with Gasteiger partial charge in [-0.15, -0.1) is 11.8 Å². The number of nitrogens with two attached hydrogens (primary N) is 1. The second kappa shape index (κ2) is 6.85. The summed E-state index contributed by atoms with van der Waals surface area (Å²) in [6.45, 7) is 3.55. The first-order chi connectivity index (χ1) is 9.22. The fraction of sp³-hybridized carbons (Fsp3) is 0.533.